The summed E-state index contributed by atoms with van der Waals surface area (Å²) < 4.78 is 9.75. The van der Waals surface area contributed by atoms with E-state index in [4.69, 9.17) is 10.5 Å². The lowest BCUT2D eigenvalue weighted by atomic mass is 10.0. The molecule has 0 spiro atoms. The van der Waals surface area contributed by atoms with E-state index < -0.39 is 6.04 Å². The maximum atomic E-state index is 12.0. The molecule has 0 aromatic heterocycles. The number of carbonyl (C=O) groups is 2. The molecule has 1 aromatic carbocycles. The lowest BCUT2D eigenvalue weighted by molar-refractivity contribution is -0.141. The third-order valence-electron chi connectivity index (χ3n) is 3.14. The molecule has 0 aliphatic carbocycles. The zero-order chi connectivity index (χ0) is 15.7. The van der Waals surface area contributed by atoms with Crippen molar-refractivity contribution in [3.8, 4) is 0 Å². The Bertz CT molecular complexity index is 446. The zero-order valence-corrected chi connectivity index (χ0v) is 12.4. The molecule has 6 nitrogen and oxygen atoms in total. The van der Waals surface area contributed by atoms with E-state index in [2.05, 4.69) is 10.1 Å². The van der Waals surface area contributed by atoms with Crippen molar-refractivity contribution in [3.05, 3.63) is 35.9 Å². The molecule has 116 valence electrons. The second-order valence-corrected chi connectivity index (χ2v) is 4.61. The van der Waals surface area contributed by atoms with Crippen molar-refractivity contribution in [2.75, 3.05) is 20.8 Å². The van der Waals surface area contributed by atoms with E-state index in [0.29, 0.717) is 0 Å². The molecular formula is C15H22N2O4. The van der Waals surface area contributed by atoms with E-state index in [1.54, 1.807) is 0 Å². The zero-order valence-electron chi connectivity index (χ0n) is 12.4. The minimum atomic E-state index is -0.429. The highest BCUT2D eigenvalue weighted by Crippen LogP contribution is 2.17. The third-order valence-corrected chi connectivity index (χ3v) is 3.14. The fraction of sp³-hybridized carbons (Fsp3) is 0.467. The summed E-state index contributed by atoms with van der Waals surface area (Å²) in [6.07, 6.45) is -0.108. The van der Waals surface area contributed by atoms with Gasteiger partial charge in [-0.2, -0.15) is 0 Å². The van der Waals surface area contributed by atoms with Crippen LogP contribution >= 0.6 is 0 Å². The first kappa shape index (κ1) is 17.1. The summed E-state index contributed by atoms with van der Waals surface area (Å²) in [4.78, 5) is 23.5. The first-order chi connectivity index (χ1) is 10.1. The van der Waals surface area contributed by atoms with Gasteiger partial charge in [-0.3, -0.25) is 9.59 Å². The van der Waals surface area contributed by atoms with Crippen molar-refractivity contribution in [1.82, 2.24) is 5.32 Å². The normalized spacial score (nSPS) is 13.3. The van der Waals surface area contributed by atoms with E-state index in [-0.39, 0.29) is 37.4 Å². The molecule has 0 aliphatic heterocycles. The molecule has 0 fully saturated rings. The predicted molar refractivity (Wildman–Crippen MR) is 78.4 cm³/mol. The first-order valence-electron chi connectivity index (χ1n) is 6.74. The van der Waals surface area contributed by atoms with Crippen LogP contribution in [-0.4, -0.2) is 38.7 Å². The highest BCUT2D eigenvalue weighted by Gasteiger charge is 2.20. The van der Waals surface area contributed by atoms with E-state index in [9.17, 15) is 9.59 Å². The molecule has 0 saturated heterocycles. The molecule has 6 heteroatoms. The predicted octanol–water partition coefficient (Wildman–Crippen LogP) is 0.771. The summed E-state index contributed by atoms with van der Waals surface area (Å²) >= 11 is 0. The molecule has 2 unspecified atom stereocenters. The standard InChI is InChI=1S/C15H22N2O4/c1-20-12(10-16)8-14(18)17-13(9-15(19)21-2)11-6-4-3-5-7-11/h3-7,12-13H,8-10,16H2,1-2H3,(H,17,18). The summed E-state index contributed by atoms with van der Waals surface area (Å²) in [5.74, 6) is -0.601. The van der Waals surface area contributed by atoms with Crippen molar-refractivity contribution in [1.29, 1.82) is 0 Å². The Morgan fingerprint density at radius 3 is 2.38 bits per heavy atom. The van der Waals surface area contributed by atoms with Crippen molar-refractivity contribution >= 4 is 11.9 Å². The van der Waals surface area contributed by atoms with Crippen molar-refractivity contribution in [3.63, 3.8) is 0 Å². The molecule has 0 bridgehead atoms. The molecule has 0 saturated carbocycles. The Labute approximate surface area is 124 Å². The highest BCUT2D eigenvalue weighted by atomic mass is 16.5. The van der Waals surface area contributed by atoms with Gasteiger partial charge in [-0.15, -0.1) is 0 Å². The number of rotatable bonds is 8. The summed E-state index contributed by atoms with van der Waals surface area (Å²) in [6, 6.07) is 8.85. The Morgan fingerprint density at radius 1 is 1.19 bits per heavy atom. The van der Waals surface area contributed by atoms with Gasteiger partial charge in [0, 0.05) is 13.7 Å². The number of benzene rings is 1. The van der Waals surface area contributed by atoms with Crippen LogP contribution in [0.2, 0.25) is 0 Å². The van der Waals surface area contributed by atoms with Gasteiger partial charge in [0.1, 0.15) is 0 Å². The topological polar surface area (TPSA) is 90.7 Å². The Morgan fingerprint density at radius 2 is 1.86 bits per heavy atom. The maximum Gasteiger partial charge on any atom is 0.307 e. The third kappa shape index (κ3) is 5.93. The second-order valence-electron chi connectivity index (χ2n) is 4.61. The Kier molecular flexibility index (Phi) is 7.42. The Balaban J connectivity index is 2.73. The van der Waals surface area contributed by atoms with Crippen molar-refractivity contribution in [2.24, 2.45) is 5.73 Å². The van der Waals surface area contributed by atoms with Crippen LogP contribution in [0.5, 0.6) is 0 Å². The van der Waals surface area contributed by atoms with E-state index in [0.717, 1.165) is 5.56 Å². The monoisotopic (exact) mass is 294 g/mol. The summed E-state index contributed by atoms with van der Waals surface area (Å²) in [7, 11) is 2.83. The molecule has 0 aliphatic rings. The summed E-state index contributed by atoms with van der Waals surface area (Å²) in [5.41, 5.74) is 6.34. The number of methoxy groups -OCH3 is 2. The molecule has 0 heterocycles. The van der Waals surface area contributed by atoms with Gasteiger partial charge in [0.15, 0.2) is 0 Å². The van der Waals surface area contributed by atoms with Gasteiger partial charge in [-0.05, 0) is 5.56 Å². The molecule has 1 amide bonds. The quantitative estimate of drug-likeness (QED) is 0.691. The first-order valence-corrected chi connectivity index (χ1v) is 6.74. The number of nitrogens with two attached hydrogens (primary N) is 1. The largest absolute Gasteiger partial charge is 0.469 e. The average Bonchev–Trinajstić information content (AvgIpc) is 2.52. The number of hydrogen-bond acceptors (Lipinski definition) is 5. The van der Waals surface area contributed by atoms with Crippen LogP contribution < -0.4 is 11.1 Å². The number of esters is 1. The lowest BCUT2D eigenvalue weighted by Gasteiger charge is -2.20. The molecule has 0 radical (unpaired) electrons. The van der Waals surface area contributed by atoms with Crippen LogP contribution in [0.15, 0.2) is 30.3 Å². The van der Waals surface area contributed by atoms with Crippen LogP contribution in [0, 0.1) is 0 Å². The number of nitrogens with one attached hydrogen (secondary N) is 1. The number of carbonyl (C=O) groups excluding carboxylic acids is 2. The molecule has 3 N–H and O–H groups in total. The fourth-order valence-corrected chi connectivity index (χ4v) is 1.91. The van der Waals surface area contributed by atoms with Crippen LogP contribution in [0.4, 0.5) is 0 Å². The summed E-state index contributed by atoms with van der Waals surface area (Å²) in [5, 5.41) is 2.82. The highest BCUT2D eigenvalue weighted by molar-refractivity contribution is 5.78. The smallest absolute Gasteiger partial charge is 0.307 e. The van der Waals surface area contributed by atoms with Gasteiger partial charge in [0.25, 0.3) is 0 Å². The van der Waals surface area contributed by atoms with Gasteiger partial charge < -0.3 is 20.5 Å². The van der Waals surface area contributed by atoms with Gasteiger partial charge in [-0.25, -0.2) is 0 Å². The minimum absolute atomic E-state index is 0.0759. The molecular weight excluding hydrogens is 272 g/mol. The maximum absolute atomic E-state index is 12.0. The number of hydrogen-bond donors (Lipinski definition) is 2. The Hall–Kier alpha value is -1.92. The van der Waals surface area contributed by atoms with Crippen molar-refractivity contribution in [2.45, 2.75) is 25.0 Å². The van der Waals surface area contributed by atoms with Gasteiger partial charge in [0.2, 0.25) is 5.91 Å². The SMILES string of the molecule is COC(=O)CC(NC(=O)CC(CN)OC)c1ccccc1. The van der Waals surface area contributed by atoms with Crippen molar-refractivity contribution < 1.29 is 19.1 Å². The van der Waals surface area contributed by atoms with Crippen LogP contribution in [0.1, 0.15) is 24.4 Å². The van der Waals surface area contributed by atoms with Crippen LogP contribution in [-0.2, 0) is 19.1 Å². The second kappa shape index (κ2) is 9.10. The molecule has 2 atom stereocenters. The van der Waals surface area contributed by atoms with Gasteiger partial charge >= 0.3 is 5.97 Å². The van der Waals surface area contributed by atoms with Gasteiger partial charge in [-0.1, -0.05) is 30.3 Å². The average molecular weight is 294 g/mol. The fourth-order valence-electron chi connectivity index (χ4n) is 1.91. The number of ether oxygens (including phenoxy) is 2. The lowest BCUT2D eigenvalue weighted by Crippen LogP contribution is -2.35. The molecule has 1 rings (SSSR count). The van der Waals surface area contributed by atoms with Crippen LogP contribution in [0.25, 0.3) is 0 Å². The minimum Gasteiger partial charge on any atom is -0.469 e. The van der Waals surface area contributed by atoms with Crippen LogP contribution in [0.3, 0.4) is 0 Å². The van der Waals surface area contributed by atoms with E-state index in [1.165, 1.54) is 14.2 Å². The number of amides is 1. The molecule has 1 aromatic rings. The summed E-state index contributed by atoms with van der Waals surface area (Å²) in [6.45, 7) is 0.261. The molecule has 21 heavy (non-hydrogen) atoms. The van der Waals surface area contributed by atoms with Gasteiger partial charge in [0.05, 0.1) is 32.1 Å². The van der Waals surface area contributed by atoms with E-state index >= 15 is 0 Å². The van der Waals surface area contributed by atoms with E-state index in [1.807, 2.05) is 30.3 Å².